The lowest BCUT2D eigenvalue weighted by Crippen LogP contribution is -2.39. The van der Waals surface area contributed by atoms with Crippen molar-refractivity contribution in [3.63, 3.8) is 0 Å². The minimum atomic E-state index is -2.72. The van der Waals surface area contributed by atoms with E-state index in [9.17, 15) is 8.42 Å². The van der Waals surface area contributed by atoms with Crippen LogP contribution in [0.4, 0.5) is 0 Å². The standard InChI is InChI=1S/C9H17NO2S2/c1-7-4-9(5-13-7)10-8-2-3-14(11,12)6-8/h7-10H,2-6H2,1H3. The fourth-order valence-electron chi connectivity index (χ4n) is 2.19. The van der Waals surface area contributed by atoms with Crippen LogP contribution in [-0.2, 0) is 9.84 Å². The summed E-state index contributed by atoms with van der Waals surface area (Å²) in [6.45, 7) is 2.23. The monoisotopic (exact) mass is 235 g/mol. The van der Waals surface area contributed by atoms with Gasteiger partial charge in [0.2, 0.25) is 0 Å². The number of rotatable bonds is 2. The topological polar surface area (TPSA) is 46.2 Å². The van der Waals surface area contributed by atoms with Crippen LogP contribution in [0, 0.1) is 0 Å². The molecule has 0 aromatic carbocycles. The highest BCUT2D eigenvalue weighted by Crippen LogP contribution is 2.27. The summed E-state index contributed by atoms with van der Waals surface area (Å²) < 4.78 is 22.5. The molecular weight excluding hydrogens is 218 g/mol. The van der Waals surface area contributed by atoms with E-state index in [0.29, 0.717) is 17.5 Å². The van der Waals surface area contributed by atoms with Gasteiger partial charge in [0, 0.05) is 23.1 Å². The van der Waals surface area contributed by atoms with Crippen LogP contribution >= 0.6 is 11.8 Å². The molecule has 0 saturated carbocycles. The van der Waals surface area contributed by atoms with Gasteiger partial charge in [-0.3, -0.25) is 0 Å². The van der Waals surface area contributed by atoms with E-state index in [1.54, 1.807) is 0 Å². The van der Waals surface area contributed by atoms with Gasteiger partial charge in [0.15, 0.2) is 9.84 Å². The largest absolute Gasteiger partial charge is 0.309 e. The Kier molecular flexibility index (Phi) is 3.09. The Labute approximate surface area is 89.9 Å². The van der Waals surface area contributed by atoms with Crippen molar-refractivity contribution >= 4 is 21.6 Å². The predicted molar refractivity (Wildman–Crippen MR) is 60.5 cm³/mol. The third-order valence-corrected chi connectivity index (χ3v) is 6.03. The molecule has 0 bridgehead atoms. The summed E-state index contributed by atoms with van der Waals surface area (Å²) in [5.74, 6) is 1.86. The molecule has 14 heavy (non-hydrogen) atoms. The van der Waals surface area contributed by atoms with E-state index in [0.717, 1.165) is 17.4 Å². The molecule has 3 unspecified atom stereocenters. The Bertz CT molecular complexity index is 302. The lowest BCUT2D eigenvalue weighted by Gasteiger charge is -2.16. The van der Waals surface area contributed by atoms with Gasteiger partial charge in [0.05, 0.1) is 11.5 Å². The second-order valence-corrected chi connectivity index (χ2v) is 8.04. The second kappa shape index (κ2) is 4.02. The van der Waals surface area contributed by atoms with Crippen LogP contribution in [0.5, 0.6) is 0 Å². The van der Waals surface area contributed by atoms with Gasteiger partial charge in [0.25, 0.3) is 0 Å². The smallest absolute Gasteiger partial charge is 0.151 e. The van der Waals surface area contributed by atoms with Crippen LogP contribution in [0.25, 0.3) is 0 Å². The quantitative estimate of drug-likeness (QED) is 0.764. The molecule has 3 atom stereocenters. The van der Waals surface area contributed by atoms with Crippen LogP contribution in [0.1, 0.15) is 19.8 Å². The van der Waals surface area contributed by atoms with Crippen molar-refractivity contribution in [1.82, 2.24) is 5.32 Å². The summed E-state index contributed by atoms with van der Waals surface area (Å²) in [6.07, 6.45) is 1.99. The molecule has 0 aromatic heterocycles. The Hall–Kier alpha value is 0.260. The lowest BCUT2D eigenvalue weighted by atomic mass is 10.1. The molecule has 1 N–H and O–H groups in total. The third-order valence-electron chi connectivity index (χ3n) is 2.90. The summed E-state index contributed by atoms with van der Waals surface area (Å²) in [5.41, 5.74) is 0. The Morgan fingerprint density at radius 3 is 2.64 bits per heavy atom. The van der Waals surface area contributed by atoms with Gasteiger partial charge < -0.3 is 5.32 Å². The molecule has 0 radical (unpaired) electrons. The SMILES string of the molecule is CC1CC(NC2CCS(=O)(=O)C2)CS1. The average Bonchev–Trinajstić information content (AvgIpc) is 2.59. The zero-order valence-corrected chi connectivity index (χ0v) is 10.0. The van der Waals surface area contributed by atoms with Crippen molar-refractivity contribution < 1.29 is 8.42 Å². The molecule has 5 heteroatoms. The molecule has 0 spiro atoms. The van der Waals surface area contributed by atoms with Crippen molar-refractivity contribution in [2.45, 2.75) is 37.1 Å². The van der Waals surface area contributed by atoms with Gasteiger partial charge in [0.1, 0.15) is 0 Å². The number of hydrogen-bond acceptors (Lipinski definition) is 4. The van der Waals surface area contributed by atoms with Gasteiger partial charge in [-0.05, 0) is 12.8 Å². The molecule has 0 amide bonds. The van der Waals surface area contributed by atoms with Crippen LogP contribution in [0.2, 0.25) is 0 Å². The van der Waals surface area contributed by atoms with E-state index in [1.165, 1.54) is 6.42 Å². The average molecular weight is 235 g/mol. The predicted octanol–water partition coefficient (Wildman–Crippen LogP) is 0.657. The van der Waals surface area contributed by atoms with Gasteiger partial charge in [-0.1, -0.05) is 6.92 Å². The van der Waals surface area contributed by atoms with Crippen LogP contribution in [0.15, 0.2) is 0 Å². The number of thioether (sulfide) groups is 1. The van der Waals surface area contributed by atoms with Crippen molar-refractivity contribution in [2.75, 3.05) is 17.3 Å². The van der Waals surface area contributed by atoms with Gasteiger partial charge in [-0.2, -0.15) is 11.8 Å². The maximum absolute atomic E-state index is 11.2. The summed E-state index contributed by atoms with van der Waals surface area (Å²) in [6, 6.07) is 0.754. The molecule has 2 rings (SSSR count). The molecule has 0 aromatic rings. The fraction of sp³-hybridized carbons (Fsp3) is 1.00. The van der Waals surface area contributed by atoms with E-state index in [4.69, 9.17) is 0 Å². The highest BCUT2D eigenvalue weighted by atomic mass is 32.2. The lowest BCUT2D eigenvalue weighted by molar-refractivity contribution is 0.467. The van der Waals surface area contributed by atoms with E-state index >= 15 is 0 Å². The molecule has 3 nitrogen and oxygen atoms in total. The Balaban J connectivity index is 1.82. The second-order valence-electron chi connectivity index (χ2n) is 4.34. The van der Waals surface area contributed by atoms with Gasteiger partial charge in [-0.25, -0.2) is 8.42 Å². The van der Waals surface area contributed by atoms with Crippen LogP contribution < -0.4 is 5.32 Å². The number of nitrogens with one attached hydrogen (secondary N) is 1. The van der Waals surface area contributed by atoms with Gasteiger partial charge >= 0.3 is 0 Å². The van der Waals surface area contributed by atoms with Gasteiger partial charge in [-0.15, -0.1) is 0 Å². The first kappa shape index (κ1) is 10.8. The van der Waals surface area contributed by atoms with Crippen LogP contribution in [0.3, 0.4) is 0 Å². The molecule has 2 saturated heterocycles. The van der Waals surface area contributed by atoms with Crippen molar-refractivity contribution in [1.29, 1.82) is 0 Å². The molecule has 2 heterocycles. The number of hydrogen-bond donors (Lipinski definition) is 1. The molecule has 0 aliphatic carbocycles. The first-order valence-corrected chi connectivity index (χ1v) is 8.00. The summed E-state index contributed by atoms with van der Waals surface area (Å²) in [5, 5.41) is 4.19. The minimum absolute atomic E-state index is 0.218. The molecule has 2 aliphatic heterocycles. The van der Waals surface area contributed by atoms with Crippen molar-refractivity contribution in [3.05, 3.63) is 0 Å². The third kappa shape index (κ3) is 2.64. The van der Waals surface area contributed by atoms with E-state index in [2.05, 4.69) is 12.2 Å². The zero-order valence-electron chi connectivity index (χ0n) is 8.40. The Morgan fingerprint density at radius 2 is 2.14 bits per heavy atom. The van der Waals surface area contributed by atoms with E-state index in [1.807, 2.05) is 11.8 Å². The molecule has 82 valence electrons. The summed E-state index contributed by atoms with van der Waals surface area (Å²) in [7, 11) is -2.72. The van der Waals surface area contributed by atoms with Crippen LogP contribution in [-0.4, -0.2) is 43.0 Å². The first-order chi connectivity index (χ1) is 6.55. The maximum atomic E-state index is 11.2. The summed E-state index contributed by atoms with van der Waals surface area (Å²) >= 11 is 1.98. The zero-order chi connectivity index (χ0) is 10.2. The molecular formula is C9H17NO2S2. The molecule has 2 fully saturated rings. The fourth-order valence-corrected chi connectivity index (χ4v) is 5.04. The maximum Gasteiger partial charge on any atom is 0.151 e. The number of sulfone groups is 1. The van der Waals surface area contributed by atoms with E-state index in [-0.39, 0.29) is 6.04 Å². The molecule has 2 aliphatic rings. The summed E-state index contributed by atoms with van der Waals surface area (Å²) in [4.78, 5) is 0. The normalized spacial score (nSPS) is 41.6. The van der Waals surface area contributed by atoms with Crippen molar-refractivity contribution in [2.24, 2.45) is 0 Å². The highest BCUT2D eigenvalue weighted by Gasteiger charge is 2.31. The Morgan fingerprint density at radius 1 is 1.36 bits per heavy atom. The van der Waals surface area contributed by atoms with Crippen molar-refractivity contribution in [3.8, 4) is 0 Å². The highest BCUT2D eigenvalue weighted by molar-refractivity contribution is 8.00. The van der Waals surface area contributed by atoms with E-state index < -0.39 is 9.84 Å². The minimum Gasteiger partial charge on any atom is -0.309 e. The first-order valence-electron chi connectivity index (χ1n) is 5.13.